The largest absolute Gasteiger partial charge is 0.502 e. The van der Waals surface area contributed by atoms with E-state index < -0.39 is 0 Å². The van der Waals surface area contributed by atoms with Crippen molar-refractivity contribution in [3.8, 4) is 0 Å². The zero-order chi connectivity index (χ0) is 8.74. The molecule has 0 radical (unpaired) electrons. The molecule has 0 saturated carbocycles. The normalized spacial score (nSPS) is 11.2. The number of ether oxygens (including phenoxy) is 1. The summed E-state index contributed by atoms with van der Waals surface area (Å²) in [6, 6.07) is 0. The second-order valence-electron chi connectivity index (χ2n) is 3.76. The molecule has 0 atom stereocenters. The molecule has 0 fully saturated rings. The molecule has 2 heteroatoms. The third-order valence-corrected chi connectivity index (χ3v) is 1.46. The summed E-state index contributed by atoms with van der Waals surface area (Å²) in [5, 5.41) is 0. The summed E-state index contributed by atoms with van der Waals surface area (Å²) >= 11 is 0. The van der Waals surface area contributed by atoms with E-state index in [1.807, 2.05) is 0 Å². The van der Waals surface area contributed by atoms with Crippen LogP contribution in [0.25, 0.3) is 0 Å². The SMILES string of the molecule is C=COCCCC[N+](C)(C)C. The van der Waals surface area contributed by atoms with Crippen molar-refractivity contribution in [3.05, 3.63) is 12.8 Å². The van der Waals surface area contributed by atoms with Gasteiger partial charge in [-0.3, -0.25) is 0 Å². The molecule has 0 rings (SSSR count). The highest BCUT2D eigenvalue weighted by atomic mass is 16.5. The van der Waals surface area contributed by atoms with Crippen LogP contribution in [0, 0.1) is 0 Å². The summed E-state index contributed by atoms with van der Waals surface area (Å²) in [5.74, 6) is 0. The number of rotatable bonds is 6. The topological polar surface area (TPSA) is 9.23 Å². The summed E-state index contributed by atoms with van der Waals surface area (Å²) in [6.45, 7) is 5.50. The molecule has 0 aromatic carbocycles. The molecule has 0 unspecified atom stereocenters. The second-order valence-corrected chi connectivity index (χ2v) is 3.76. The van der Waals surface area contributed by atoms with Crippen molar-refractivity contribution in [1.29, 1.82) is 0 Å². The number of unbranched alkanes of at least 4 members (excludes halogenated alkanes) is 1. The van der Waals surface area contributed by atoms with Crippen molar-refractivity contribution in [2.24, 2.45) is 0 Å². The average molecular weight is 158 g/mol. The second kappa shape index (κ2) is 5.19. The lowest BCUT2D eigenvalue weighted by Gasteiger charge is -2.23. The van der Waals surface area contributed by atoms with Crippen LogP contribution < -0.4 is 0 Å². The van der Waals surface area contributed by atoms with E-state index in [-0.39, 0.29) is 0 Å². The first-order valence-corrected chi connectivity index (χ1v) is 4.09. The standard InChI is InChI=1S/C9H20NO/c1-5-11-9-7-6-8-10(2,3)4/h5H,1,6-9H2,2-4H3/q+1. The van der Waals surface area contributed by atoms with Crippen molar-refractivity contribution >= 4 is 0 Å². The molecule has 2 nitrogen and oxygen atoms in total. The Morgan fingerprint density at radius 3 is 2.36 bits per heavy atom. The highest BCUT2D eigenvalue weighted by Crippen LogP contribution is 1.97. The minimum absolute atomic E-state index is 0.809. The minimum atomic E-state index is 0.809. The Kier molecular flexibility index (Phi) is 4.95. The molecule has 0 aliphatic heterocycles. The Hall–Kier alpha value is -0.500. The summed E-state index contributed by atoms with van der Waals surface area (Å²) in [4.78, 5) is 0. The van der Waals surface area contributed by atoms with Gasteiger partial charge < -0.3 is 9.22 Å². The first-order chi connectivity index (χ1) is 5.06. The summed E-state index contributed by atoms with van der Waals surface area (Å²) in [7, 11) is 6.61. The Bertz CT molecular complexity index is 105. The molecular weight excluding hydrogens is 138 g/mol. The van der Waals surface area contributed by atoms with Crippen LogP contribution in [0.3, 0.4) is 0 Å². The minimum Gasteiger partial charge on any atom is -0.502 e. The highest BCUT2D eigenvalue weighted by Gasteiger charge is 2.04. The van der Waals surface area contributed by atoms with Crippen LogP contribution in [0.5, 0.6) is 0 Å². The predicted octanol–water partition coefficient (Wildman–Crippen LogP) is 1.63. The van der Waals surface area contributed by atoms with Crippen LogP contribution in [0.15, 0.2) is 12.8 Å². The highest BCUT2D eigenvalue weighted by molar-refractivity contribution is 4.48. The molecule has 0 N–H and O–H groups in total. The first kappa shape index (κ1) is 10.5. The van der Waals surface area contributed by atoms with Gasteiger partial charge >= 0.3 is 0 Å². The number of hydrogen-bond donors (Lipinski definition) is 0. The van der Waals surface area contributed by atoms with E-state index in [1.165, 1.54) is 19.2 Å². The lowest BCUT2D eigenvalue weighted by atomic mass is 10.3. The fourth-order valence-electron chi connectivity index (χ4n) is 0.855. The molecule has 0 aromatic rings. The first-order valence-electron chi connectivity index (χ1n) is 4.09. The summed E-state index contributed by atoms with van der Waals surface area (Å²) in [6.07, 6.45) is 3.85. The Morgan fingerprint density at radius 1 is 1.27 bits per heavy atom. The molecule has 66 valence electrons. The van der Waals surface area contributed by atoms with E-state index in [0.717, 1.165) is 17.5 Å². The Morgan fingerprint density at radius 2 is 1.91 bits per heavy atom. The van der Waals surface area contributed by atoms with Gasteiger partial charge in [0, 0.05) is 0 Å². The van der Waals surface area contributed by atoms with Crippen molar-refractivity contribution in [3.63, 3.8) is 0 Å². The van der Waals surface area contributed by atoms with E-state index in [0.29, 0.717) is 0 Å². The lowest BCUT2D eigenvalue weighted by Crippen LogP contribution is -2.35. The number of nitrogens with zero attached hydrogens (tertiary/aromatic N) is 1. The van der Waals surface area contributed by atoms with Crippen LogP contribution in [0.4, 0.5) is 0 Å². The molecule has 0 bridgehead atoms. The van der Waals surface area contributed by atoms with Gasteiger partial charge in [-0.15, -0.1) is 0 Å². The van der Waals surface area contributed by atoms with E-state index in [2.05, 4.69) is 27.7 Å². The van der Waals surface area contributed by atoms with Gasteiger partial charge in [0.1, 0.15) is 0 Å². The molecule has 0 aliphatic carbocycles. The van der Waals surface area contributed by atoms with Gasteiger partial charge in [0.15, 0.2) is 0 Å². The van der Waals surface area contributed by atoms with Crippen LogP contribution >= 0.6 is 0 Å². The third kappa shape index (κ3) is 9.50. The van der Waals surface area contributed by atoms with E-state index in [4.69, 9.17) is 4.74 Å². The molecule has 0 spiro atoms. The van der Waals surface area contributed by atoms with Crippen molar-refractivity contribution in [2.75, 3.05) is 34.3 Å². The molecule has 0 aliphatic rings. The smallest absolute Gasteiger partial charge is 0.0875 e. The molecule has 0 aromatic heterocycles. The van der Waals surface area contributed by atoms with Gasteiger partial charge in [-0.2, -0.15) is 0 Å². The quantitative estimate of drug-likeness (QED) is 0.324. The van der Waals surface area contributed by atoms with E-state index in [9.17, 15) is 0 Å². The lowest BCUT2D eigenvalue weighted by molar-refractivity contribution is -0.870. The molecule has 11 heavy (non-hydrogen) atoms. The van der Waals surface area contributed by atoms with Crippen LogP contribution in [-0.4, -0.2) is 38.8 Å². The summed E-state index contributed by atoms with van der Waals surface area (Å²) in [5.41, 5.74) is 0. The van der Waals surface area contributed by atoms with Gasteiger partial charge in [-0.25, -0.2) is 0 Å². The van der Waals surface area contributed by atoms with Crippen molar-refractivity contribution in [1.82, 2.24) is 0 Å². The molecule has 0 amide bonds. The fourth-order valence-corrected chi connectivity index (χ4v) is 0.855. The van der Waals surface area contributed by atoms with E-state index in [1.54, 1.807) is 0 Å². The Balaban J connectivity index is 3.08. The fraction of sp³-hybridized carbons (Fsp3) is 0.778. The maximum atomic E-state index is 5.01. The van der Waals surface area contributed by atoms with Crippen LogP contribution in [0.2, 0.25) is 0 Å². The van der Waals surface area contributed by atoms with Crippen LogP contribution in [0.1, 0.15) is 12.8 Å². The molecule has 0 saturated heterocycles. The van der Waals surface area contributed by atoms with Gasteiger partial charge in [0.2, 0.25) is 0 Å². The average Bonchev–Trinajstić information content (AvgIpc) is 1.85. The molecular formula is C9H20NO+. The third-order valence-electron chi connectivity index (χ3n) is 1.46. The van der Waals surface area contributed by atoms with Crippen LogP contribution in [-0.2, 0) is 4.74 Å². The number of hydrogen-bond acceptors (Lipinski definition) is 1. The molecule has 0 heterocycles. The summed E-state index contributed by atoms with van der Waals surface area (Å²) < 4.78 is 6.04. The van der Waals surface area contributed by atoms with Gasteiger partial charge in [0.25, 0.3) is 0 Å². The van der Waals surface area contributed by atoms with Crippen molar-refractivity contribution in [2.45, 2.75) is 12.8 Å². The number of quaternary nitrogens is 1. The zero-order valence-electron chi connectivity index (χ0n) is 7.97. The Labute approximate surface area is 70.1 Å². The predicted molar refractivity (Wildman–Crippen MR) is 48.3 cm³/mol. The van der Waals surface area contributed by atoms with E-state index >= 15 is 0 Å². The zero-order valence-corrected chi connectivity index (χ0v) is 7.97. The van der Waals surface area contributed by atoms with Gasteiger partial charge in [0.05, 0.1) is 40.6 Å². The van der Waals surface area contributed by atoms with Gasteiger partial charge in [-0.05, 0) is 12.8 Å². The van der Waals surface area contributed by atoms with Crippen molar-refractivity contribution < 1.29 is 9.22 Å². The van der Waals surface area contributed by atoms with Gasteiger partial charge in [-0.1, -0.05) is 6.58 Å². The monoisotopic (exact) mass is 158 g/mol. The maximum absolute atomic E-state index is 5.01. The maximum Gasteiger partial charge on any atom is 0.0875 e.